The van der Waals surface area contributed by atoms with Crippen molar-refractivity contribution in [2.24, 2.45) is 5.41 Å². The van der Waals surface area contributed by atoms with Crippen LogP contribution in [0.1, 0.15) is 25.8 Å². The summed E-state index contributed by atoms with van der Waals surface area (Å²) < 4.78 is 16.0. The lowest BCUT2D eigenvalue weighted by atomic mass is 9.87. The quantitative estimate of drug-likeness (QED) is 0.487. The summed E-state index contributed by atoms with van der Waals surface area (Å²) in [5.41, 5.74) is 0.367. The van der Waals surface area contributed by atoms with Crippen LogP contribution in [0, 0.1) is 5.41 Å². The van der Waals surface area contributed by atoms with Crippen molar-refractivity contribution in [1.29, 1.82) is 0 Å². The molecular formula is C17H25ClO4. The van der Waals surface area contributed by atoms with E-state index in [1.54, 1.807) is 14.2 Å². The standard InChI is InChI=1S/C17H25ClO4/c1-17(2,12-18)16(19)11-13-6-7-14(21-4)15(10-13)22-9-5-8-20-3/h6-7,10H,5,8-9,11-12H2,1-4H3. The molecule has 0 saturated carbocycles. The minimum absolute atomic E-state index is 0.109. The number of hydrogen-bond donors (Lipinski definition) is 0. The van der Waals surface area contributed by atoms with E-state index in [1.807, 2.05) is 32.0 Å². The Morgan fingerprint density at radius 1 is 1.18 bits per heavy atom. The van der Waals surface area contributed by atoms with E-state index in [-0.39, 0.29) is 5.78 Å². The van der Waals surface area contributed by atoms with Crippen LogP contribution in [-0.4, -0.2) is 39.1 Å². The Labute approximate surface area is 137 Å². The van der Waals surface area contributed by atoms with Gasteiger partial charge in [-0.3, -0.25) is 4.79 Å². The lowest BCUT2D eigenvalue weighted by Gasteiger charge is -2.20. The van der Waals surface area contributed by atoms with Crippen LogP contribution in [0.3, 0.4) is 0 Å². The van der Waals surface area contributed by atoms with Gasteiger partial charge in [0.1, 0.15) is 5.78 Å². The highest BCUT2D eigenvalue weighted by Crippen LogP contribution is 2.29. The molecule has 0 amide bonds. The minimum atomic E-state index is -0.527. The fourth-order valence-electron chi connectivity index (χ4n) is 1.83. The monoisotopic (exact) mass is 328 g/mol. The van der Waals surface area contributed by atoms with Crippen LogP contribution < -0.4 is 9.47 Å². The maximum Gasteiger partial charge on any atom is 0.161 e. The lowest BCUT2D eigenvalue weighted by molar-refractivity contribution is -0.125. The average Bonchev–Trinajstić information content (AvgIpc) is 2.51. The van der Waals surface area contributed by atoms with Crippen molar-refractivity contribution in [2.75, 3.05) is 33.3 Å². The Morgan fingerprint density at radius 3 is 2.50 bits per heavy atom. The van der Waals surface area contributed by atoms with Crippen molar-refractivity contribution in [3.8, 4) is 11.5 Å². The first-order valence-electron chi connectivity index (χ1n) is 7.32. The van der Waals surface area contributed by atoms with Crippen molar-refractivity contribution < 1.29 is 19.0 Å². The van der Waals surface area contributed by atoms with Gasteiger partial charge in [-0.25, -0.2) is 0 Å². The number of ketones is 1. The fourth-order valence-corrected chi connectivity index (χ4v) is 1.98. The van der Waals surface area contributed by atoms with E-state index in [1.165, 1.54) is 0 Å². The number of rotatable bonds is 10. The van der Waals surface area contributed by atoms with Gasteiger partial charge in [-0.15, -0.1) is 11.6 Å². The Balaban J connectivity index is 2.78. The third-order valence-electron chi connectivity index (χ3n) is 3.43. The van der Waals surface area contributed by atoms with Crippen LogP contribution in [0.5, 0.6) is 11.5 Å². The van der Waals surface area contributed by atoms with Crippen LogP contribution in [0.15, 0.2) is 18.2 Å². The van der Waals surface area contributed by atoms with Gasteiger partial charge in [0, 0.05) is 37.9 Å². The van der Waals surface area contributed by atoms with Crippen LogP contribution in [0.25, 0.3) is 0 Å². The summed E-state index contributed by atoms with van der Waals surface area (Å²) in [5, 5.41) is 0. The van der Waals surface area contributed by atoms with Gasteiger partial charge in [-0.1, -0.05) is 19.9 Å². The third-order valence-corrected chi connectivity index (χ3v) is 4.10. The summed E-state index contributed by atoms with van der Waals surface area (Å²) in [6.45, 7) is 4.89. The van der Waals surface area contributed by atoms with Gasteiger partial charge < -0.3 is 14.2 Å². The van der Waals surface area contributed by atoms with Crippen LogP contribution in [-0.2, 0) is 16.0 Å². The summed E-state index contributed by atoms with van der Waals surface area (Å²) in [6, 6.07) is 5.55. The van der Waals surface area contributed by atoms with E-state index in [2.05, 4.69) is 0 Å². The Morgan fingerprint density at radius 2 is 1.91 bits per heavy atom. The number of methoxy groups -OCH3 is 2. The van der Waals surface area contributed by atoms with Crippen molar-refractivity contribution >= 4 is 17.4 Å². The Kier molecular flexibility index (Phi) is 7.69. The number of benzene rings is 1. The molecule has 0 fully saturated rings. The molecule has 1 rings (SSSR count). The number of ether oxygens (including phenoxy) is 3. The van der Waals surface area contributed by atoms with Gasteiger partial charge in [0.15, 0.2) is 11.5 Å². The molecule has 0 saturated heterocycles. The van der Waals surface area contributed by atoms with Gasteiger partial charge in [0.05, 0.1) is 13.7 Å². The summed E-state index contributed by atoms with van der Waals surface area (Å²) in [5.74, 6) is 1.72. The molecule has 0 aromatic heterocycles. The third kappa shape index (κ3) is 5.50. The normalized spacial score (nSPS) is 11.3. The second kappa shape index (κ2) is 9.01. The first-order valence-corrected chi connectivity index (χ1v) is 7.86. The molecular weight excluding hydrogens is 304 g/mol. The molecule has 0 aliphatic heterocycles. The molecule has 0 aliphatic carbocycles. The molecule has 5 heteroatoms. The Bertz CT molecular complexity index is 486. The molecule has 0 atom stereocenters. The molecule has 0 spiro atoms. The van der Waals surface area contributed by atoms with E-state index < -0.39 is 5.41 Å². The molecule has 0 unspecified atom stereocenters. The molecule has 0 aliphatic rings. The molecule has 0 bridgehead atoms. The smallest absolute Gasteiger partial charge is 0.161 e. The van der Waals surface area contributed by atoms with E-state index in [4.69, 9.17) is 25.8 Å². The summed E-state index contributed by atoms with van der Waals surface area (Å²) in [7, 11) is 3.25. The van der Waals surface area contributed by atoms with Crippen molar-refractivity contribution in [1.82, 2.24) is 0 Å². The number of carbonyl (C=O) groups excluding carboxylic acids is 1. The molecule has 1 aromatic rings. The number of halogens is 1. The van der Waals surface area contributed by atoms with Gasteiger partial charge in [-0.2, -0.15) is 0 Å². The van der Waals surface area contributed by atoms with Crippen LogP contribution in [0.2, 0.25) is 0 Å². The van der Waals surface area contributed by atoms with Gasteiger partial charge in [-0.05, 0) is 17.7 Å². The van der Waals surface area contributed by atoms with Crippen molar-refractivity contribution in [2.45, 2.75) is 26.7 Å². The highest BCUT2D eigenvalue weighted by Gasteiger charge is 2.26. The lowest BCUT2D eigenvalue weighted by Crippen LogP contribution is -2.27. The fraction of sp³-hybridized carbons (Fsp3) is 0.588. The highest BCUT2D eigenvalue weighted by atomic mass is 35.5. The second-order valence-electron chi connectivity index (χ2n) is 5.80. The SMILES string of the molecule is COCCCOc1cc(CC(=O)C(C)(C)CCl)ccc1OC. The summed E-state index contributed by atoms with van der Waals surface area (Å²) in [6.07, 6.45) is 1.13. The average molecular weight is 329 g/mol. The molecule has 22 heavy (non-hydrogen) atoms. The van der Waals surface area contributed by atoms with E-state index in [9.17, 15) is 4.79 Å². The predicted molar refractivity (Wildman–Crippen MR) is 88.2 cm³/mol. The highest BCUT2D eigenvalue weighted by molar-refractivity contribution is 6.20. The number of Topliss-reactive ketones (excluding diaryl/α,β-unsaturated/α-hetero) is 1. The zero-order chi connectivity index (χ0) is 16.6. The van der Waals surface area contributed by atoms with Crippen molar-refractivity contribution in [3.05, 3.63) is 23.8 Å². The van der Waals surface area contributed by atoms with Gasteiger partial charge >= 0.3 is 0 Å². The number of alkyl halides is 1. The molecule has 0 radical (unpaired) electrons. The largest absolute Gasteiger partial charge is 0.493 e. The molecule has 124 valence electrons. The zero-order valence-electron chi connectivity index (χ0n) is 13.8. The van der Waals surface area contributed by atoms with Crippen LogP contribution in [0.4, 0.5) is 0 Å². The number of hydrogen-bond acceptors (Lipinski definition) is 4. The molecule has 0 N–H and O–H groups in total. The molecule has 4 nitrogen and oxygen atoms in total. The molecule has 0 heterocycles. The first kappa shape index (κ1) is 18.8. The zero-order valence-corrected chi connectivity index (χ0v) is 14.5. The van der Waals surface area contributed by atoms with Crippen molar-refractivity contribution in [3.63, 3.8) is 0 Å². The summed E-state index contributed by atoms with van der Waals surface area (Å²) in [4.78, 5) is 12.3. The minimum Gasteiger partial charge on any atom is -0.493 e. The van der Waals surface area contributed by atoms with Crippen LogP contribution >= 0.6 is 11.6 Å². The number of carbonyl (C=O) groups is 1. The van der Waals surface area contributed by atoms with E-state index in [0.29, 0.717) is 37.0 Å². The maximum absolute atomic E-state index is 12.3. The maximum atomic E-state index is 12.3. The van der Waals surface area contributed by atoms with E-state index in [0.717, 1.165) is 12.0 Å². The molecule has 1 aromatic carbocycles. The second-order valence-corrected chi connectivity index (χ2v) is 6.06. The van der Waals surface area contributed by atoms with Gasteiger partial charge in [0.2, 0.25) is 0 Å². The predicted octanol–water partition coefficient (Wildman–Crippen LogP) is 3.49. The summed E-state index contributed by atoms with van der Waals surface area (Å²) >= 11 is 5.85. The Hall–Kier alpha value is -1.26. The van der Waals surface area contributed by atoms with Gasteiger partial charge in [0.25, 0.3) is 0 Å². The first-order chi connectivity index (χ1) is 10.4. The van der Waals surface area contributed by atoms with E-state index >= 15 is 0 Å². The topological polar surface area (TPSA) is 44.8 Å².